The minimum atomic E-state index is -0.0582. The van der Waals surface area contributed by atoms with Gasteiger partial charge in [-0.2, -0.15) is 0 Å². The summed E-state index contributed by atoms with van der Waals surface area (Å²) in [6, 6.07) is 11.7. The van der Waals surface area contributed by atoms with Crippen LogP contribution in [0.5, 0.6) is 0 Å². The Balaban J connectivity index is 1.53. The summed E-state index contributed by atoms with van der Waals surface area (Å²) < 4.78 is 0. The second kappa shape index (κ2) is 8.92. The Morgan fingerprint density at radius 1 is 1.12 bits per heavy atom. The second-order valence-electron chi connectivity index (χ2n) is 6.01. The summed E-state index contributed by atoms with van der Waals surface area (Å²) in [5, 5.41) is 4.67. The molecule has 1 amide bonds. The summed E-state index contributed by atoms with van der Waals surface area (Å²) in [6.45, 7) is 2.46. The molecule has 0 saturated carbocycles. The minimum Gasteiger partial charge on any atom is -0.351 e. The lowest BCUT2D eigenvalue weighted by molar-refractivity contribution is 0.0957. The zero-order valence-corrected chi connectivity index (χ0v) is 16.1. The number of halogens is 1. The molecule has 134 valence electrons. The Bertz CT molecular complexity index is 880. The van der Waals surface area contributed by atoms with Crippen molar-refractivity contribution in [1.29, 1.82) is 0 Å². The van der Waals surface area contributed by atoms with E-state index in [4.69, 9.17) is 11.6 Å². The lowest BCUT2D eigenvalue weighted by Gasteiger charge is -2.04. The third-order valence-corrected chi connectivity index (χ3v) is 5.46. The highest BCUT2D eigenvalue weighted by molar-refractivity contribution is 7.13. The summed E-state index contributed by atoms with van der Waals surface area (Å²) in [4.78, 5) is 21.7. The van der Waals surface area contributed by atoms with Crippen molar-refractivity contribution < 1.29 is 4.79 Å². The number of thiazole rings is 1. The van der Waals surface area contributed by atoms with Crippen LogP contribution in [-0.2, 0) is 19.3 Å². The van der Waals surface area contributed by atoms with Gasteiger partial charge in [0, 0.05) is 30.4 Å². The van der Waals surface area contributed by atoms with Crippen molar-refractivity contribution in [2.75, 3.05) is 6.54 Å². The summed E-state index contributed by atoms with van der Waals surface area (Å²) in [5.74, 6) is -0.0582. The number of aromatic nitrogens is 2. The van der Waals surface area contributed by atoms with Crippen LogP contribution in [0.2, 0.25) is 5.02 Å². The monoisotopic (exact) mass is 385 g/mol. The molecule has 0 bridgehead atoms. The molecular formula is C20H20ClN3OS. The number of amides is 1. The van der Waals surface area contributed by atoms with Gasteiger partial charge in [0.15, 0.2) is 0 Å². The quantitative estimate of drug-likeness (QED) is 0.661. The van der Waals surface area contributed by atoms with E-state index in [1.807, 2.05) is 43.3 Å². The van der Waals surface area contributed by atoms with Crippen LogP contribution in [0.1, 0.15) is 31.5 Å². The molecule has 4 nitrogen and oxygen atoms in total. The number of carbonyl (C=O) groups is 1. The normalized spacial score (nSPS) is 10.7. The first-order chi connectivity index (χ1) is 12.6. The fraction of sp³-hybridized carbons (Fsp3) is 0.250. The van der Waals surface area contributed by atoms with Gasteiger partial charge >= 0.3 is 0 Å². The molecule has 0 aliphatic rings. The second-order valence-corrected chi connectivity index (χ2v) is 7.53. The molecule has 6 heteroatoms. The number of hydrogen-bond acceptors (Lipinski definition) is 4. The Morgan fingerprint density at radius 2 is 1.92 bits per heavy atom. The maximum atomic E-state index is 12.4. The van der Waals surface area contributed by atoms with Gasteiger partial charge in [-0.1, -0.05) is 23.7 Å². The Morgan fingerprint density at radius 3 is 2.69 bits per heavy atom. The fourth-order valence-electron chi connectivity index (χ4n) is 2.66. The number of pyridine rings is 1. The van der Waals surface area contributed by atoms with Crippen molar-refractivity contribution in [3.05, 3.63) is 80.5 Å². The van der Waals surface area contributed by atoms with Crippen molar-refractivity contribution in [3.8, 4) is 0 Å². The Hall–Kier alpha value is -2.24. The molecule has 0 spiro atoms. The number of benzene rings is 1. The van der Waals surface area contributed by atoms with Crippen LogP contribution in [0.4, 0.5) is 0 Å². The number of nitrogens with zero attached hydrogens (tertiary/aromatic N) is 2. The molecule has 0 aliphatic heterocycles. The van der Waals surface area contributed by atoms with Gasteiger partial charge in [-0.05, 0) is 55.2 Å². The van der Waals surface area contributed by atoms with Gasteiger partial charge in [0.05, 0.1) is 10.7 Å². The van der Waals surface area contributed by atoms with Crippen LogP contribution in [0, 0.1) is 6.92 Å². The van der Waals surface area contributed by atoms with Gasteiger partial charge in [0.25, 0.3) is 5.91 Å². The van der Waals surface area contributed by atoms with Gasteiger partial charge < -0.3 is 5.32 Å². The van der Waals surface area contributed by atoms with Crippen molar-refractivity contribution in [2.45, 2.75) is 26.2 Å². The molecule has 26 heavy (non-hydrogen) atoms. The Labute approximate surface area is 162 Å². The highest BCUT2D eigenvalue weighted by Gasteiger charge is 2.15. The maximum Gasteiger partial charge on any atom is 0.263 e. The van der Waals surface area contributed by atoms with E-state index >= 15 is 0 Å². The number of nitrogens with one attached hydrogen (secondary N) is 1. The van der Waals surface area contributed by atoms with Gasteiger partial charge in [0.1, 0.15) is 4.88 Å². The third kappa shape index (κ3) is 5.13. The molecule has 3 rings (SSSR count). The van der Waals surface area contributed by atoms with Crippen LogP contribution in [0.15, 0.2) is 48.8 Å². The molecule has 1 N–H and O–H groups in total. The number of carbonyl (C=O) groups excluding carboxylic acids is 1. The number of aryl methyl sites for hydroxylation is 3. The smallest absolute Gasteiger partial charge is 0.263 e. The first-order valence-corrected chi connectivity index (χ1v) is 9.69. The zero-order chi connectivity index (χ0) is 18.4. The lowest BCUT2D eigenvalue weighted by atomic mass is 10.1. The van der Waals surface area contributed by atoms with E-state index in [9.17, 15) is 4.79 Å². The van der Waals surface area contributed by atoms with Gasteiger partial charge in [-0.25, -0.2) is 4.98 Å². The van der Waals surface area contributed by atoms with Crippen molar-refractivity contribution in [1.82, 2.24) is 15.3 Å². The van der Waals surface area contributed by atoms with E-state index in [0.717, 1.165) is 35.5 Å². The largest absolute Gasteiger partial charge is 0.351 e. The first-order valence-electron chi connectivity index (χ1n) is 8.49. The minimum absolute atomic E-state index is 0.0582. The standard InChI is InChI=1S/C20H20ClN3OS/c1-14-19(20(25)23-12-9-16-3-2-4-17(21)13-16)26-18(24-14)6-5-15-7-10-22-11-8-15/h2-4,7-8,10-11,13H,5-6,9,12H2,1H3,(H,23,25). The summed E-state index contributed by atoms with van der Waals surface area (Å²) in [6.07, 6.45) is 6.05. The van der Waals surface area contributed by atoms with E-state index in [1.54, 1.807) is 12.4 Å². The molecule has 0 aliphatic carbocycles. The molecule has 2 heterocycles. The zero-order valence-electron chi connectivity index (χ0n) is 14.5. The lowest BCUT2D eigenvalue weighted by Crippen LogP contribution is -2.25. The number of rotatable bonds is 7. The van der Waals surface area contributed by atoms with Crippen LogP contribution in [0.3, 0.4) is 0 Å². The number of hydrogen-bond donors (Lipinski definition) is 1. The van der Waals surface area contributed by atoms with Crippen LogP contribution < -0.4 is 5.32 Å². The fourth-order valence-corrected chi connectivity index (χ4v) is 3.86. The summed E-state index contributed by atoms with van der Waals surface area (Å²) in [7, 11) is 0. The molecule has 0 atom stereocenters. The predicted molar refractivity (Wildman–Crippen MR) is 106 cm³/mol. The molecule has 2 aromatic heterocycles. The summed E-state index contributed by atoms with van der Waals surface area (Å²) in [5.41, 5.74) is 3.12. The maximum absolute atomic E-state index is 12.4. The molecular weight excluding hydrogens is 366 g/mol. The molecule has 3 aromatic rings. The summed E-state index contributed by atoms with van der Waals surface area (Å²) >= 11 is 7.46. The average molecular weight is 386 g/mol. The van der Waals surface area contributed by atoms with E-state index < -0.39 is 0 Å². The first kappa shape index (κ1) is 18.5. The van der Waals surface area contributed by atoms with E-state index in [1.165, 1.54) is 16.9 Å². The van der Waals surface area contributed by atoms with Gasteiger partial charge in [0.2, 0.25) is 0 Å². The van der Waals surface area contributed by atoms with Crippen molar-refractivity contribution >= 4 is 28.8 Å². The molecule has 0 radical (unpaired) electrons. The highest BCUT2D eigenvalue weighted by Crippen LogP contribution is 2.20. The molecule has 0 unspecified atom stereocenters. The van der Waals surface area contributed by atoms with E-state index in [-0.39, 0.29) is 5.91 Å². The highest BCUT2D eigenvalue weighted by atomic mass is 35.5. The molecule has 0 fully saturated rings. The van der Waals surface area contributed by atoms with E-state index in [2.05, 4.69) is 15.3 Å². The van der Waals surface area contributed by atoms with Gasteiger partial charge in [-0.15, -0.1) is 11.3 Å². The van der Waals surface area contributed by atoms with Gasteiger partial charge in [-0.3, -0.25) is 9.78 Å². The third-order valence-electron chi connectivity index (χ3n) is 4.01. The van der Waals surface area contributed by atoms with E-state index in [0.29, 0.717) is 16.4 Å². The topological polar surface area (TPSA) is 54.9 Å². The van der Waals surface area contributed by atoms with Crippen molar-refractivity contribution in [3.63, 3.8) is 0 Å². The van der Waals surface area contributed by atoms with Crippen LogP contribution in [-0.4, -0.2) is 22.4 Å². The molecule has 0 saturated heterocycles. The molecule has 1 aromatic carbocycles. The van der Waals surface area contributed by atoms with Crippen LogP contribution >= 0.6 is 22.9 Å². The average Bonchev–Trinajstić information content (AvgIpc) is 3.02. The van der Waals surface area contributed by atoms with Crippen LogP contribution in [0.25, 0.3) is 0 Å². The SMILES string of the molecule is Cc1nc(CCc2ccncc2)sc1C(=O)NCCc1cccc(Cl)c1. The predicted octanol–water partition coefficient (Wildman–Crippen LogP) is 4.26. The Kier molecular flexibility index (Phi) is 6.36. The van der Waals surface area contributed by atoms with Crippen molar-refractivity contribution in [2.24, 2.45) is 0 Å².